The maximum atomic E-state index is 5.24. The van der Waals surface area contributed by atoms with Crippen molar-refractivity contribution < 1.29 is 4.74 Å². The average Bonchev–Trinajstić information content (AvgIpc) is 2.05. The van der Waals surface area contributed by atoms with Crippen molar-refractivity contribution >= 4 is 0 Å². The molecule has 0 aromatic rings. The Morgan fingerprint density at radius 2 is 2.17 bits per heavy atom. The van der Waals surface area contributed by atoms with Gasteiger partial charge in [0.1, 0.15) is 0 Å². The third-order valence-corrected chi connectivity index (χ3v) is 1.87. The lowest BCUT2D eigenvalue weighted by Crippen LogP contribution is -2.36. The minimum atomic E-state index is 0.876. The molecule has 0 spiro atoms. The number of hydrogen-bond donors (Lipinski definition) is 0. The van der Waals surface area contributed by atoms with E-state index in [1.807, 2.05) is 6.92 Å². The second-order valence-corrected chi connectivity index (χ2v) is 3.16. The van der Waals surface area contributed by atoms with E-state index in [0.717, 1.165) is 38.4 Å². The van der Waals surface area contributed by atoms with Gasteiger partial charge < -0.3 is 4.74 Å². The maximum absolute atomic E-state index is 5.24. The summed E-state index contributed by atoms with van der Waals surface area (Å²) in [6.45, 7) is 10.7. The molecular weight excluding hydrogens is 150 g/mol. The van der Waals surface area contributed by atoms with Crippen molar-refractivity contribution in [3.05, 3.63) is 24.3 Å². The summed E-state index contributed by atoms with van der Waals surface area (Å²) < 4.78 is 5.24. The summed E-state index contributed by atoms with van der Waals surface area (Å²) in [6, 6.07) is 0. The Balaban J connectivity index is 2.17. The highest BCUT2D eigenvalue weighted by atomic mass is 16.5. The first kappa shape index (κ1) is 9.49. The summed E-state index contributed by atoms with van der Waals surface area (Å²) in [6.07, 6.45) is 4.23. The fourth-order valence-electron chi connectivity index (χ4n) is 1.19. The van der Waals surface area contributed by atoms with Crippen LogP contribution in [0.15, 0.2) is 24.3 Å². The normalized spacial score (nSPS) is 20.1. The zero-order valence-electron chi connectivity index (χ0n) is 7.75. The molecule has 0 unspecified atom stereocenters. The van der Waals surface area contributed by atoms with Crippen molar-refractivity contribution in [1.29, 1.82) is 0 Å². The van der Waals surface area contributed by atoms with Crippen LogP contribution in [-0.2, 0) is 4.74 Å². The predicted molar refractivity (Wildman–Crippen MR) is 51.2 cm³/mol. The average molecular weight is 167 g/mol. The van der Waals surface area contributed by atoms with E-state index in [1.165, 1.54) is 0 Å². The molecule has 0 amide bonds. The fraction of sp³-hybridized carbons (Fsp3) is 0.600. The molecule has 1 rings (SSSR count). The molecule has 1 aliphatic rings. The molecule has 1 heterocycles. The lowest BCUT2D eigenvalue weighted by molar-refractivity contribution is 0.0434. The van der Waals surface area contributed by atoms with E-state index in [-0.39, 0.29) is 0 Å². The SMILES string of the molecule is C=C(C)/C=C/CN1CCOCC1. The first-order chi connectivity index (χ1) is 5.79. The summed E-state index contributed by atoms with van der Waals surface area (Å²) in [5.74, 6) is 0. The molecule has 1 saturated heterocycles. The van der Waals surface area contributed by atoms with E-state index in [2.05, 4.69) is 23.6 Å². The van der Waals surface area contributed by atoms with Crippen molar-refractivity contribution in [2.45, 2.75) is 6.92 Å². The predicted octanol–water partition coefficient (Wildman–Crippen LogP) is 1.45. The summed E-state index contributed by atoms with van der Waals surface area (Å²) in [7, 11) is 0. The fourth-order valence-corrected chi connectivity index (χ4v) is 1.19. The Kier molecular flexibility index (Phi) is 4.05. The molecule has 0 radical (unpaired) electrons. The van der Waals surface area contributed by atoms with Crippen LogP contribution < -0.4 is 0 Å². The minimum absolute atomic E-state index is 0.876. The van der Waals surface area contributed by atoms with Gasteiger partial charge in [-0.1, -0.05) is 24.3 Å². The van der Waals surface area contributed by atoms with Crippen molar-refractivity contribution in [2.75, 3.05) is 32.8 Å². The quantitative estimate of drug-likeness (QED) is 0.590. The topological polar surface area (TPSA) is 12.5 Å². The van der Waals surface area contributed by atoms with E-state index < -0.39 is 0 Å². The number of nitrogens with zero attached hydrogens (tertiary/aromatic N) is 1. The number of rotatable bonds is 3. The summed E-state index contributed by atoms with van der Waals surface area (Å²) in [4.78, 5) is 2.38. The molecule has 0 aliphatic carbocycles. The van der Waals surface area contributed by atoms with Crippen LogP contribution in [0.2, 0.25) is 0 Å². The lowest BCUT2D eigenvalue weighted by atomic mass is 10.3. The van der Waals surface area contributed by atoms with Crippen LogP contribution in [0.25, 0.3) is 0 Å². The van der Waals surface area contributed by atoms with Gasteiger partial charge in [-0.2, -0.15) is 0 Å². The van der Waals surface area contributed by atoms with Gasteiger partial charge >= 0.3 is 0 Å². The van der Waals surface area contributed by atoms with E-state index >= 15 is 0 Å². The highest BCUT2D eigenvalue weighted by molar-refractivity contribution is 5.11. The van der Waals surface area contributed by atoms with Gasteiger partial charge in [0.05, 0.1) is 13.2 Å². The van der Waals surface area contributed by atoms with Gasteiger partial charge in [0.2, 0.25) is 0 Å². The van der Waals surface area contributed by atoms with Gasteiger partial charge in [0, 0.05) is 19.6 Å². The van der Waals surface area contributed by atoms with Crippen molar-refractivity contribution in [2.24, 2.45) is 0 Å². The standard InChI is InChI=1S/C10H17NO/c1-10(2)4-3-5-11-6-8-12-9-7-11/h3-4H,1,5-9H2,2H3/b4-3+. The molecule has 2 nitrogen and oxygen atoms in total. The first-order valence-corrected chi connectivity index (χ1v) is 4.41. The van der Waals surface area contributed by atoms with Crippen LogP contribution in [0, 0.1) is 0 Å². The van der Waals surface area contributed by atoms with Gasteiger partial charge in [-0.3, -0.25) is 4.90 Å². The number of hydrogen-bond acceptors (Lipinski definition) is 2. The minimum Gasteiger partial charge on any atom is -0.379 e. The second kappa shape index (κ2) is 5.12. The van der Waals surface area contributed by atoms with Crippen molar-refractivity contribution in [3.63, 3.8) is 0 Å². The largest absolute Gasteiger partial charge is 0.379 e. The van der Waals surface area contributed by atoms with Gasteiger partial charge in [-0.25, -0.2) is 0 Å². The molecule has 12 heavy (non-hydrogen) atoms. The van der Waals surface area contributed by atoms with Gasteiger partial charge in [-0.15, -0.1) is 0 Å². The molecule has 1 aliphatic heterocycles. The Morgan fingerprint density at radius 3 is 2.75 bits per heavy atom. The Morgan fingerprint density at radius 1 is 1.50 bits per heavy atom. The summed E-state index contributed by atoms with van der Waals surface area (Å²) >= 11 is 0. The molecule has 1 fully saturated rings. The van der Waals surface area contributed by atoms with E-state index in [4.69, 9.17) is 4.74 Å². The number of allylic oxidation sites excluding steroid dienone is 2. The number of ether oxygens (including phenoxy) is 1. The molecule has 0 N–H and O–H groups in total. The van der Waals surface area contributed by atoms with Crippen LogP contribution in [0.5, 0.6) is 0 Å². The van der Waals surface area contributed by atoms with E-state index in [9.17, 15) is 0 Å². The zero-order chi connectivity index (χ0) is 8.81. The Bertz CT molecular complexity index is 169. The highest BCUT2D eigenvalue weighted by Gasteiger charge is 2.07. The van der Waals surface area contributed by atoms with Crippen molar-refractivity contribution in [1.82, 2.24) is 4.90 Å². The van der Waals surface area contributed by atoms with Gasteiger partial charge in [-0.05, 0) is 6.92 Å². The lowest BCUT2D eigenvalue weighted by Gasteiger charge is -2.25. The Hall–Kier alpha value is -0.600. The van der Waals surface area contributed by atoms with Gasteiger partial charge in [0.25, 0.3) is 0 Å². The molecule has 0 saturated carbocycles. The molecule has 0 aromatic carbocycles. The third-order valence-electron chi connectivity index (χ3n) is 1.87. The van der Waals surface area contributed by atoms with Crippen LogP contribution in [0.1, 0.15) is 6.92 Å². The van der Waals surface area contributed by atoms with Crippen LogP contribution in [0.3, 0.4) is 0 Å². The zero-order valence-corrected chi connectivity index (χ0v) is 7.75. The third kappa shape index (κ3) is 3.69. The van der Waals surface area contributed by atoms with E-state index in [0.29, 0.717) is 0 Å². The van der Waals surface area contributed by atoms with Crippen molar-refractivity contribution in [3.8, 4) is 0 Å². The monoisotopic (exact) mass is 167 g/mol. The molecular formula is C10H17NO. The summed E-state index contributed by atoms with van der Waals surface area (Å²) in [5, 5.41) is 0. The number of morpholine rings is 1. The van der Waals surface area contributed by atoms with Crippen LogP contribution in [0.4, 0.5) is 0 Å². The molecule has 0 bridgehead atoms. The summed E-state index contributed by atoms with van der Waals surface area (Å²) in [5.41, 5.74) is 1.11. The molecule has 0 atom stereocenters. The van der Waals surface area contributed by atoms with Crippen LogP contribution in [-0.4, -0.2) is 37.7 Å². The molecule has 68 valence electrons. The van der Waals surface area contributed by atoms with E-state index in [1.54, 1.807) is 0 Å². The first-order valence-electron chi connectivity index (χ1n) is 4.41. The smallest absolute Gasteiger partial charge is 0.0594 e. The van der Waals surface area contributed by atoms with Gasteiger partial charge in [0.15, 0.2) is 0 Å². The van der Waals surface area contributed by atoms with Crippen LogP contribution >= 0.6 is 0 Å². The second-order valence-electron chi connectivity index (χ2n) is 3.16. The Labute approximate surface area is 74.5 Å². The molecule has 0 aromatic heterocycles. The maximum Gasteiger partial charge on any atom is 0.0594 e. The highest BCUT2D eigenvalue weighted by Crippen LogP contribution is 1.97. The molecule has 2 heteroatoms.